The van der Waals surface area contributed by atoms with Gasteiger partial charge < -0.3 is 23.9 Å². The van der Waals surface area contributed by atoms with E-state index in [1.54, 1.807) is 28.1 Å². The number of piperidine rings is 1. The molecule has 1 heterocycles. The van der Waals surface area contributed by atoms with E-state index in [4.69, 9.17) is 14.2 Å². The monoisotopic (exact) mass is 621 g/mol. The van der Waals surface area contributed by atoms with Crippen LogP contribution >= 0.6 is 0 Å². The zero-order valence-corrected chi connectivity index (χ0v) is 27.5. The summed E-state index contributed by atoms with van der Waals surface area (Å²) in [6.45, 7) is 7.13. The fourth-order valence-electron chi connectivity index (χ4n) is 5.38. The zero-order valence-electron chi connectivity index (χ0n) is 27.5. The standard InChI is InChI=1S/C36H47NO8/c1-7-36(3,4)33(40)34(41)37-20-9-8-13-29(37)35(42)45-30(18-15-25-16-19-31(43-5)32(23-25)44-6)27-12-10-11-26(21-27)22-28(39)17-14-24(2)38/h10-12,16,19,21,23,29-30H,7-9,13-15,17-18,20,22H2,1-6H3. The Labute approximate surface area is 266 Å². The van der Waals surface area contributed by atoms with Crippen LogP contribution in [0.25, 0.3) is 0 Å². The fourth-order valence-corrected chi connectivity index (χ4v) is 5.38. The molecule has 2 unspecified atom stereocenters. The van der Waals surface area contributed by atoms with E-state index in [-0.39, 0.29) is 30.8 Å². The Morgan fingerprint density at radius 3 is 2.33 bits per heavy atom. The van der Waals surface area contributed by atoms with Crippen molar-refractivity contribution >= 4 is 29.2 Å². The third kappa shape index (κ3) is 9.74. The van der Waals surface area contributed by atoms with Crippen LogP contribution in [0.5, 0.6) is 11.5 Å². The third-order valence-corrected chi connectivity index (χ3v) is 8.61. The highest BCUT2D eigenvalue weighted by Crippen LogP contribution is 2.32. The van der Waals surface area contributed by atoms with Gasteiger partial charge in [0.05, 0.1) is 14.2 Å². The molecule has 45 heavy (non-hydrogen) atoms. The Bertz CT molecular complexity index is 1380. The molecule has 2 atom stereocenters. The van der Waals surface area contributed by atoms with Gasteiger partial charge in [-0.25, -0.2) is 4.79 Å². The minimum absolute atomic E-state index is 0.0329. The van der Waals surface area contributed by atoms with Crippen molar-refractivity contribution in [3.63, 3.8) is 0 Å². The number of rotatable bonds is 16. The number of likely N-dealkylation sites (tertiary alicyclic amines) is 1. The van der Waals surface area contributed by atoms with Gasteiger partial charge in [-0.15, -0.1) is 0 Å². The largest absolute Gasteiger partial charge is 0.493 e. The molecule has 1 aliphatic rings. The summed E-state index contributed by atoms with van der Waals surface area (Å²) in [5.74, 6) is -0.578. The van der Waals surface area contributed by atoms with E-state index in [9.17, 15) is 24.0 Å². The number of hydrogen-bond acceptors (Lipinski definition) is 8. The van der Waals surface area contributed by atoms with Crippen LogP contribution in [0.4, 0.5) is 0 Å². The van der Waals surface area contributed by atoms with E-state index in [2.05, 4.69) is 0 Å². The molecule has 0 N–H and O–H groups in total. The van der Waals surface area contributed by atoms with Crippen molar-refractivity contribution in [1.29, 1.82) is 0 Å². The normalized spacial score (nSPS) is 15.6. The van der Waals surface area contributed by atoms with Gasteiger partial charge in [0, 0.05) is 31.2 Å². The van der Waals surface area contributed by atoms with Crippen molar-refractivity contribution in [2.24, 2.45) is 5.41 Å². The highest BCUT2D eigenvalue weighted by molar-refractivity contribution is 6.38. The predicted octanol–water partition coefficient (Wildman–Crippen LogP) is 5.79. The van der Waals surface area contributed by atoms with E-state index in [1.165, 1.54) is 11.8 Å². The lowest BCUT2D eigenvalue weighted by Gasteiger charge is -2.36. The highest BCUT2D eigenvalue weighted by Gasteiger charge is 2.41. The van der Waals surface area contributed by atoms with Crippen LogP contribution in [-0.2, 0) is 41.6 Å². The fraction of sp³-hybridized carbons (Fsp3) is 0.528. The van der Waals surface area contributed by atoms with Crippen LogP contribution in [0.15, 0.2) is 42.5 Å². The molecule has 9 heteroatoms. The van der Waals surface area contributed by atoms with Gasteiger partial charge in [0.25, 0.3) is 5.91 Å². The molecule has 1 aliphatic heterocycles. The Balaban J connectivity index is 1.88. The molecule has 0 radical (unpaired) electrons. The van der Waals surface area contributed by atoms with Gasteiger partial charge in [-0.3, -0.25) is 14.4 Å². The van der Waals surface area contributed by atoms with E-state index in [0.717, 1.165) is 23.1 Å². The number of benzene rings is 2. The first-order chi connectivity index (χ1) is 21.4. The molecule has 9 nitrogen and oxygen atoms in total. The molecule has 3 rings (SSSR count). The Kier molecular flexibility index (Phi) is 12.9. The summed E-state index contributed by atoms with van der Waals surface area (Å²) in [6, 6.07) is 12.1. The van der Waals surface area contributed by atoms with Gasteiger partial charge in [0.1, 0.15) is 23.7 Å². The summed E-state index contributed by atoms with van der Waals surface area (Å²) < 4.78 is 17.0. The average molecular weight is 622 g/mol. The summed E-state index contributed by atoms with van der Waals surface area (Å²) in [5.41, 5.74) is 1.60. The second-order valence-corrected chi connectivity index (χ2v) is 12.4. The van der Waals surface area contributed by atoms with Gasteiger partial charge in [-0.2, -0.15) is 0 Å². The number of carbonyl (C=O) groups excluding carboxylic acids is 5. The topological polar surface area (TPSA) is 116 Å². The molecular weight excluding hydrogens is 574 g/mol. The minimum Gasteiger partial charge on any atom is -0.493 e. The van der Waals surface area contributed by atoms with Crippen LogP contribution in [0.3, 0.4) is 0 Å². The molecule has 244 valence electrons. The number of carbonyl (C=O) groups is 5. The van der Waals surface area contributed by atoms with Gasteiger partial charge >= 0.3 is 5.97 Å². The number of esters is 1. The van der Waals surface area contributed by atoms with Crippen molar-refractivity contribution in [3.8, 4) is 11.5 Å². The second-order valence-electron chi connectivity index (χ2n) is 12.4. The summed E-state index contributed by atoms with van der Waals surface area (Å²) in [7, 11) is 3.14. The lowest BCUT2D eigenvalue weighted by Crippen LogP contribution is -2.53. The number of ether oxygens (including phenoxy) is 3. The maximum atomic E-state index is 13.8. The van der Waals surface area contributed by atoms with Gasteiger partial charge in [0.2, 0.25) is 5.78 Å². The summed E-state index contributed by atoms with van der Waals surface area (Å²) in [5, 5.41) is 0. The maximum Gasteiger partial charge on any atom is 0.329 e. The van der Waals surface area contributed by atoms with Gasteiger partial charge in [-0.05, 0) is 74.3 Å². The first kappa shape index (κ1) is 35.5. The second kappa shape index (κ2) is 16.3. The van der Waals surface area contributed by atoms with E-state index in [0.29, 0.717) is 50.1 Å². The first-order valence-electron chi connectivity index (χ1n) is 15.8. The number of methoxy groups -OCH3 is 2. The first-order valence-corrected chi connectivity index (χ1v) is 15.8. The lowest BCUT2D eigenvalue weighted by atomic mass is 9.84. The SMILES string of the molecule is CCC(C)(C)C(=O)C(=O)N1CCCCC1C(=O)OC(CCc1ccc(OC)c(OC)c1)c1cccc(CC(=O)CCC(C)=O)c1. The predicted molar refractivity (Wildman–Crippen MR) is 170 cm³/mol. The quantitative estimate of drug-likeness (QED) is 0.171. The van der Waals surface area contributed by atoms with E-state index >= 15 is 0 Å². The zero-order chi connectivity index (χ0) is 33.1. The Hall–Kier alpha value is -4.01. The molecule has 1 amide bonds. The van der Waals surface area contributed by atoms with Crippen LogP contribution in [0.2, 0.25) is 0 Å². The number of nitrogens with zero attached hydrogens (tertiary/aromatic N) is 1. The lowest BCUT2D eigenvalue weighted by molar-refractivity contribution is -0.164. The highest BCUT2D eigenvalue weighted by atomic mass is 16.5. The van der Waals surface area contributed by atoms with Gasteiger partial charge in [-0.1, -0.05) is 51.1 Å². The molecule has 0 spiro atoms. The molecule has 2 aromatic rings. The van der Waals surface area contributed by atoms with E-state index in [1.807, 2.05) is 49.4 Å². The van der Waals surface area contributed by atoms with Crippen LogP contribution in [0.1, 0.15) is 95.4 Å². The molecular formula is C36H47NO8. The van der Waals surface area contributed by atoms with Gasteiger partial charge in [0.15, 0.2) is 11.5 Å². The summed E-state index contributed by atoms with van der Waals surface area (Å²) in [6.07, 6.45) is 3.19. The molecule has 1 saturated heterocycles. The maximum absolute atomic E-state index is 13.8. The number of ketones is 3. The number of amides is 1. The van der Waals surface area contributed by atoms with Crippen LogP contribution in [0, 0.1) is 5.41 Å². The smallest absolute Gasteiger partial charge is 0.329 e. The van der Waals surface area contributed by atoms with Crippen LogP contribution in [-0.4, -0.2) is 60.9 Å². The number of Topliss-reactive ketones (excluding diaryl/α,β-unsaturated/α-hetero) is 3. The van der Waals surface area contributed by atoms with Crippen LogP contribution < -0.4 is 9.47 Å². The van der Waals surface area contributed by atoms with Crippen molar-refractivity contribution in [1.82, 2.24) is 4.90 Å². The number of hydrogen-bond donors (Lipinski definition) is 0. The van der Waals surface area contributed by atoms with E-state index < -0.39 is 35.2 Å². The minimum atomic E-state index is -0.859. The molecule has 0 saturated carbocycles. The third-order valence-electron chi connectivity index (χ3n) is 8.61. The molecule has 2 aromatic carbocycles. The Morgan fingerprint density at radius 2 is 1.67 bits per heavy atom. The van der Waals surface area contributed by atoms with Crippen molar-refractivity contribution < 1.29 is 38.2 Å². The number of aryl methyl sites for hydroxylation is 1. The average Bonchev–Trinajstić information content (AvgIpc) is 3.04. The van der Waals surface area contributed by atoms with Crippen molar-refractivity contribution in [2.75, 3.05) is 20.8 Å². The Morgan fingerprint density at radius 1 is 0.933 bits per heavy atom. The summed E-state index contributed by atoms with van der Waals surface area (Å²) in [4.78, 5) is 65.5. The molecule has 1 fully saturated rings. The molecule has 0 bridgehead atoms. The van der Waals surface area contributed by atoms with Crippen molar-refractivity contribution in [2.45, 2.75) is 97.6 Å². The molecule has 0 aliphatic carbocycles. The summed E-state index contributed by atoms with van der Waals surface area (Å²) >= 11 is 0. The molecule has 0 aromatic heterocycles. The van der Waals surface area contributed by atoms with Crippen molar-refractivity contribution in [3.05, 3.63) is 59.2 Å².